The second-order valence-electron chi connectivity index (χ2n) is 6.37. The monoisotopic (exact) mass is 335 g/mol. The summed E-state index contributed by atoms with van der Waals surface area (Å²) in [7, 11) is 0. The fourth-order valence-corrected chi connectivity index (χ4v) is 3.28. The highest BCUT2D eigenvalue weighted by Crippen LogP contribution is 2.37. The second kappa shape index (κ2) is 5.70. The van der Waals surface area contributed by atoms with E-state index in [9.17, 15) is 9.90 Å². The number of allylic oxidation sites excluding steroid dienone is 1. The standard InChI is InChI=1S/C18H17N5O2/c1-10(2)15-14(17(24)25)16(23-18(19-15)20-21-22-23)13-8-7-11-5-3-4-6-12(11)9-13/h3-10,16H,1-2H3,(H,24,25)(H,19,20,22). The first-order valence-electron chi connectivity index (χ1n) is 8.07. The minimum Gasteiger partial charge on any atom is -0.478 e. The molecule has 0 saturated carbocycles. The van der Waals surface area contributed by atoms with Gasteiger partial charge >= 0.3 is 5.97 Å². The summed E-state index contributed by atoms with van der Waals surface area (Å²) >= 11 is 0. The molecule has 0 saturated heterocycles. The lowest BCUT2D eigenvalue weighted by Gasteiger charge is -2.29. The zero-order valence-corrected chi connectivity index (χ0v) is 13.8. The van der Waals surface area contributed by atoms with Crippen LogP contribution < -0.4 is 5.32 Å². The van der Waals surface area contributed by atoms with E-state index in [1.165, 1.54) is 4.68 Å². The lowest BCUT2D eigenvalue weighted by molar-refractivity contribution is -0.133. The fraction of sp³-hybridized carbons (Fsp3) is 0.222. The van der Waals surface area contributed by atoms with Gasteiger partial charge in [-0.25, -0.2) is 4.79 Å². The van der Waals surface area contributed by atoms with Crippen molar-refractivity contribution in [3.8, 4) is 0 Å². The van der Waals surface area contributed by atoms with E-state index >= 15 is 0 Å². The number of nitrogens with one attached hydrogen (secondary N) is 1. The fourth-order valence-electron chi connectivity index (χ4n) is 3.28. The van der Waals surface area contributed by atoms with Gasteiger partial charge in [0, 0.05) is 5.70 Å². The Morgan fingerprint density at radius 2 is 1.96 bits per heavy atom. The molecule has 0 amide bonds. The van der Waals surface area contributed by atoms with Gasteiger partial charge in [0.2, 0.25) is 5.95 Å². The largest absolute Gasteiger partial charge is 0.478 e. The molecule has 2 N–H and O–H groups in total. The summed E-state index contributed by atoms with van der Waals surface area (Å²) in [5.41, 5.74) is 1.74. The van der Waals surface area contributed by atoms with Crippen molar-refractivity contribution in [2.75, 3.05) is 5.32 Å². The van der Waals surface area contributed by atoms with E-state index in [4.69, 9.17) is 0 Å². The molecule has 25 heavy (non-hydrogen) atoms. The number of aromatic nitrogens is 4. The van der Waals surface area contributed by atoms with Crippen LogP contribution >= 0.6 is 0 Å². The number of carboxylic acids is 1. The van der Waals surface area contributed by atoms with Gasteiger partial charge in [-0.3, -0.25) is 0 Å². The van der Waals surface area contributed by atoms with Crippen molar-refractivity contribution in [2.24, 2.45) is 5.92 Å². The highest BCUT2D eigenvalue weighted by atomic mass is 16.4. The van der Waals surface area contributed by atoms with Crippen LogP contribution in [0.5, 0.6) is 0 Å². The molecule has 0 radical (unpaired) electrons. The molecular formula is C18H17N5O2. The average Bonchev–Trinajstić information content (AvgIpc) is 3.07. The molecule has 1 aliphatic rings. The van der Waals surface area contributed by atoms with Gasteiger partial charge in [-0.15, -0.1) is 0 Å². The van der Waals surface area contributed by atoms with Crippen molar-refractivity contribution in [3.05, 3.63) is 59.3 Å². The van der Waals surface area contributed by atoms with Crippen molar-refractivity contribution in [1.82, 2.24) is 20.2 Å². The van der Waals surface area contributed by atoms with Crippen LogP contribution in [-0.4, -0.2) is 31.3 Å². The molecule has 2 heterocycles. The van der Waals surface area contributed by atoms with E-state index in [1.54, 1.807) is 0 Å². The molecule has 0 spiro atoms. The summed E-state index contributed by atoms with van der Waals surface area (Å²) in [5.74, 6) is -0.526. The zero-order chi connectivity index (χ0) is 17.6. The van der Waals surface area contributed by atoms with Crippen LogP contribution in [0.1, 0.15) is 25.5 Å². The molecule has 126 valence electrons. The van der Waals surface area contributed by atoms with Gasteiger partial charge in [-0.05, 0) is 38.7 Å². The third kappa shape index (κ3) is 2.44. The van der Waals surface area contributed by atoms with E-state index < -0.39 is 12.0 Å². The van der Waals surface area contributed by atoms with Crippen LogP contribution in [0.25, 0.3) is 10.8 Å². The van der Waals surface area contributed by atoms with Crippen molar-refractivity contribution in [1.29, 1.82) is 0 Å². The molecule has 4 rings (SSSR count). The highest BCUT2D eigenvalue weighted by Gasteiger charge is 2.36. The van der Waals surface area contributed by atoms with Crippen molar-refractivity contribution < 1.29 is 9.90 Å². The van der Waals surface area contributed by atoms with Crippen LogP contribution in [0, 0.1) is 5.92 Å². The quantitative estimate of drug-likeness (QED) is 0.764. The predicted octanol–water partition coefficient (Wildman–Crippen LogP) is 2.84. The maximum absolute atomic E-state index is 12.1. The topological polar surface area (TPSA) is 92.9 Å². The van der Waals surface area contributed by atoms with Gasteiger partial charge in [0.15, 0.2) is 0 Å². The third-order valence-corrected chi connectivity index (χ3v) is 4.44. The molecule has 1 aromatic heterocycles. The summed E-state index contributed by atoms with van der Waals surface area (Å²) in [6.45, 7) is 3.89. The lowest BCUT2D eigenvalue weighted by atomic mass is 9.91. The minimum atomic E-state index is -0.976. The maximum Gasteiger partial charge on any atom is 0.335 e. The first-order chi connectivity index (χ1) is 12.1. The molecule has 0 fully saturated rings. The van der Waals surface area contributed by atoms with Gasteiger partial charge in [0.25, 0.3) is 0 Å². The van der Waals surface area contributed by atoms with Gasteiger partial charge in [0.05, 0.1) is 5.57 Å². The number of tetrazole rings is 1. The SMILES string of the molecule is CC(C)C1=C(C(=O)O)C(c2ccc3ccccc3c2)n2nnnc2N1. The van der Waals surface area contributed by atoms with Crippen LogP contribution in [0.2, 0.25) is 0 Å². The Kier molecular flexibility index (Phi) is 3.49. The summed E-state index contributed by atoms with van der Waals surface area (Å²) in [4.78, 5) is 12.1. The van der Waals surface area contributed by atoms with Crippen molar-refractivity contribution in [3.63, 3.8) is 0 Å². The Balaban J connectivity index is 1.96. The maximum atomic E-state index is 12.1. The zero-order valence-electron chi connectivity index (χ0n) is 13.8. The molecule has 0 aliphatic carbocycles. The van der Waals surface area contributed by atoms with Crippen molar-refractivity contribution in [2.45, 2.75) is 19.9 Å². The van der Waals surface area contributed by atoms with E-state index in [1.807, 2.05) is 56.3 Å². The van der Waals surface area contributed by atoms with Gasteiger partial charge < -0.3 is 10.4 Å². The number of aliphatic carboxylic acids is 1. The van der Waals surface area contributed by atoms with Crippen LogP contribution in [0.15, 0.2) is 53.7 Å². The number of carbonyl (C=O) groups is 1. The Labute approximate surface area is 144 Å². The highest BCUT2D eigenvalue weighted by molar-refractivity contribution is 5.91. The summed E-state index contributed by atoms with van der Waals surface area (Å²) in [5, 5.41) is 26.8. The predicted molar refractivity (Wildman–Crippen MR) is 93.0 cm³/mol. The molecule has 0 bridgehead atoms. The normalized spacial score (nSPS) is 16.8. The summed E-state index contributed by atoms with van der Waals surface area (Å²) in [6.07, 6.45) is 0. The first kappa shape index (κ1) is 15.3. The van der Waals surface area contributed by atoms with Crippen LogP contribution in [0.3, 0.4) is 0 Å². The number of hydrogen-bond donors (Lipinski definition) is 2. The summed E-state index contributed by atoms with van der Waals surface area (Å²) < 4.78 is 1.53. The summed E-state index contributed by atoms with van der Waals surface area (Å²) in [6, 6.07) is 13.3. The van der Waals surface area contributed by atoms with Crippen LogP contribution in [0.4, 0.5) is 5.95 Å². The second-order valence-corrected chi connectivity index (χ2v) is 6.37. The molecule has 7 heteroatoms. The molecular weight excluding hydrogens is 318 g/mol. The Morgan fingerprint density at radius 1 is 1.20 bits per heavy atom. The number of benzene rings is 2. The number of carboxylic acid groups (broad SMARTS) is 1. The molecule has 1 unspecified atom stereocenters. The molecule has 1 aliphatic heterocycles. The molecule has 1 atom stereocenters. The van der Waals surface area contributed by atoms with E-state index in [0.29, 0.717) is 11.6 Å². The minimum absolute atomic E-state index is 0.000457. The number of fused-ring (bicyclic) bond motifs is 2. The molecule has 7 nitrogen and oxygen atoms in total. The lowest BCUT2D eigenvalue weighted by Crippen LogP contribution is -2.31. The number of rotatable bonds is 3. The smallest absolute Gasteiger partial charge is 0.335 e. The van der Waals surface area contributed by atoms with E-state index in [-0.39, 0.29) is 11.5 Å². The van der Waals surface area contributed by atoms with E-state index in [2.05, 4.69) is 20.8 Å². The van der Waals surface area contributed by atoms with Crippen LogP contribution in [-0.2, 0) is 4.79 Å². The van der Waals surface area contributed by atoms with Gasteiger partial charge in [-0.1, -0.05) is 55.3 Å². The third-order valence-electron chi connectivity index (χ3n) is 4.44. The molecule has 2 aromatic carbocycles. The first-order valence-corrected chi connectivity index (χ1v) is 8.07. The van der Waals surface area contributed by atoms with Crippen molar-refractivity contribution >= 4 is 22.7 Å². The Bertz CT molecular complexity index is 1010. The number of hydrogen-bond acceptors (Lipinski definition) is 5. The number of anilines is 1. The number of nitrogens with zero attached hydrogens (tertiary/aromatic N) is 4. The Morgan fingerprint density at radius 3 is 2.68 bits per heavy atom. The van der Waals surface area contributed by atoms with Gasteiger partial charge in [0.1, 0.15) is 6.04 Å². The Hall–Kier alpha value is -3.22. The van der Waals surface area contributed by atoms with E-state index in [0.717, 1.165) is 16.3 Å². The molecule has 3 aromatic rings. The van der Waals surface area contributed by atoms with Gasteiger partial charge in [-0.2, -0.15) is 4.68 Å². The average molecular weight is 335 g/mol.